The molecule has 1 saturated heterocycles. The number of nitrogens with zero attached hydrogens (tertiary/aromatic N) is 1. The van der Waals surface area contributed by atoms with Crippen molar-refractivity contribution in [2.24, 2.45) is 5.92 Å². The van der Waals surface area contributed by atoms with E-state index in [4.69, 9.17) is 9.84 Å². The Morgan fingerprint density at radius 3 is 2.77 bits per heavy atom. The van der Waals surface area contributed by atoms with E-state index < -0.39 is 18.5 Å². The molecule has 144 valence electrons. The van der Waals surface area contributed by atoms with Crippen molar-refractivity contribution >= 4 is 11.9 Å². The number of amides is 1. The van der Waals surface area contributed by atoms with Gasteiger partial charge in [0.05, 0.1) is 19.6 Å². The molecule has 0 bridgehead atoms. The van der Waals surface area contributed by atoms with Gasteiger partial charge in [-0.15, -0.1) is 0 Å². The van der Waals surface area contributed by atoms with Crippen molar-refractivity contribution in [2.75, 3.05) is 33.3 Å². The Hall–Kier alpha value is -2.42. The average Bonchev–Trinajstić information content (AvgIpc) is 3.04. The number of nitrogens with one attached hydrogen (secondary N) is 1. The molecule has 0 radical (unpaired) electrons. The molecule has 1 aromatic rings. The Morgan fingerprint density at radius 1 is 1.38 bits per heavy atom. The SMILES string of the molecule is COc1cc(CCNC(=O)CN2CCC(C(=O)O)C2)ccc1OC(F)F. The number of carbonyl (C=O) groups excluding carboxylic acids is 1. The van der Waals surface area contributed by atoms with Crippen LogP contribution < -0.4 is 14.8 Å². The monoisotopic (exact) mass is 372 g/mol. The van der Waals surface area contributed by atoms with E-state index in [1.165, 1.54) is 13.2 Å². The second-order valence-corrected chi connectivity index (χ2v) is 6.02. The van der Waals surface area contributed by atoms with E-state index in [1.807, 2.05) is 4.90 Å². The van der Waals surface area contributed by atoms with Crippen molar-refractivity contribution in [3.8, 4) is 11.5 Å². The number of aliphatic carboxylic acids is 1. The Balaban J connectivity index is 1.77. The minimum Gasteiger partial charge on any atom is -0.493 e. The first-order valence-corrected chi connectivity index (χ1v) is 8.22. The van der Waals surface area contributed by atoms with E-state index in [9.17, 15) is 18.4 Å². The summed E-state index contributed by atoms with van der Waals surface area (Å²) in [6.45, 7) is -1.43. The lowest BCUT2D eigenvalue weighted by molar-refractivity contribution is -0.141. The number of carbonyl (C=O) groups is 2. The summed E-state index contributed by atoms with van der Waals surface area (Å²) in [6, 6.07) is 4.62. The number of ether oxygens (including phenoxy) is 2. The summed E-state index contributed by atoms with van der Waals surface area (Å²) in [7, 11) is 1.36. The molecule has 0 aliphatic carbocycles. The molecule has 1 unspecified atom stereocenters. The zero-order valence-electron chi connectivity index (χ0n) is 14.4. The zero-order valence-corrected chi connectivity index (χ0v) is 14.4. The molecule has 2 N–H and O–H groups in total. The fraction of sp³-hybridized carbons (Fsp3) is 0.529. The minimum atomic E-state index is -2.93. The van der Waals surface area contributed by atoms with E-state index in [1.54, 1.807) is 12.1 Å². The summed E-state index contributed by atoms with van der Waals surface area (Å²) < 4.78 is 34.0. The molecule has 0 saturated carbocycles. The van der Waals surface area contributed by atoms with Gasteiger partial charge in [0.25, 0.3) is 0 Å². The van der Waals surface area contributed by atoms with Crippen LogP contribution in [-0.4, -0.2) is 61.8 Å². The Morgan fingerprint density at radius 2 is 2.15 bits per heavy atom. The molecular formula is C17H22F2N2O5. The third kappa shape index (κ3) is 5.83. The van der Waals surface area contributed by atoms with Crippen LogP contribution in [-0.2, 0) is 16.0 Å². The molecule has 0 aromatic heterocycles. The number of carboxylic acid groups (broad SMARTS) is 1. The van der Waals surface area contributed by atoms with Crippen LogP contribution in [0.3, 0.4) is 0 Å². The maximum Gasteiger partial charge on any atom is 0.387 e. The summed E-state index contributed by atoms with van der Waals surface area (Å²) in [5.41, 5.74) is 0.802. The van der Waals surface area contributed by atoms with Gasteiger partial charge in [0.1, 0.15) is 0 Å². The summed E-state index contributed by atoms with van der Waals surface area (Å²) in [4.78, 5) is 24.7. The molecule has 7 nitrogen and oxygen atoms in total. The third-order valence-electron chi connectivity index (χ3n) is 4.17. The Bertz CT molecular complexity index is 642. The number of alkyl halides is 2. The highest BCUT2D eigenvalue weighted by Crippen LogP contribution is 2.29. The largest absolute Gasteiger partial charge is 0.493 e. The van der Waals surface area contributed by atoms with E-state index in [0.29, 0.717) is 32.5 Å². The highest BCUT2D eigenvalue weighted by molar-refractivity contribution is 5.78. The maximum absolute atomic E-state index is 12.3. The van der Waals surface area contributed by atoms with Crippen LogP contribution in [0.2, 0.25) is 0 Å². The summed E-state index contributed by atoms with van der Waals surface area (Å²) in [6.07, 6.45) is 1.05. The first-order valence-electron chi connectivity index (χ1n) is 8.22. The molecule has 9 heteroatoms. The number of methoxy groups -OCH3 is 1. The lowest BCUT2D eigenvalue weighted by Crippen LogP contribution is -2.37. The average molecular weight is 372 g/mol. The molecule has 26 heavy (non-hydrogen) atoms. The smallest absolute Gasteiger partial charge is 0.387 e. The molecule has 1 fully saturated rings. The van der Waals surface area contributed by atoms with E-state index in [0.717, 1.165) is 5.56 Å². The summed E-state index contributed by atoms with van der Waals surface area (Å²) >= 11 is 0. The van der Waals surface area contributed by atoms with Crippen LogP contribution in [0.15, 0.2) is 18.2 Å². The van der Waals surface area contributed by atoms with Gasteiger partial charge in [0.2, 0.25) is 5.91 Å². The summed E-state index contributed by atoms with van der Waals surface area (Å²) in [5.74, 6) is -1.27. The van der Waals surface area contributed by atoms with Crippen molar-refractivity contribution in [1.29, 1.82) is 0 Å². The van der Waals surface area contributed by atoms with Crippen LogP contribution >= 0.6 is 0 Å². The molecule has 1 heterocycles. The number of benzene rings is 1. The molecular weight excluding hydrogens is 350 g/mol. The molecule has 1 aliphatic rings. The van der Waals surface area contributed by atoms with Crippen LogP contribution in [0.1, 0.15) is 12.0 Å². The maximum atomic E-state index is 12.3. The number of rotatable bonds is 9. The van der Waals surface area contributed by atoms with Crippen molar-refractivity contribution in [2.45, 2.75) is 19.5 Å². The van der Waals surface area contributed by atoms with Crippen LogP contribution in [0.5, 0.6) is 11.5 Å². The van der Waals surface area contributed by atoms with Crippen molar-refractivity contribution in [3.63, 3.8) is 0 Å². The van der Waals surface area contributed by atoms with Crippen molar-refractivity contribution < 1.29 is 33.0 Å². The van der Waals surface area contributed by atoms with E-state index >= 15 is 0 Å². The Kier molecular flexibility index (Phi) is 7.14. The first-order chi connectivity index (χ1) is 12.4. The molecule has 2 rings (SSSR count). The highest BCUT2D eigenvalue weighted by Gasteiger charge is 2.28. The van der Waals surface area contributed by atoms with Gasteiger partial charge in [-0.3, -0.25) is 14.5 Å². The van der Waals surface area contributed by atoms with Crippen LogP contribution in [0.25, 0.3) is 0 Å². The fourth-order valence-electron chi connectivity index (χ4n) is 2.84. The molecule has 1 amide bonds. The van der Waals surface area contributed by atoms with Gasteiger partial charge in [0, 0.05) is 13.1 Å². The second-order valence-electron chi connectivity index (χ2n) is 6.02. The van der Waals surface area contributed by atoms with Gasteiger partial charge in [-0.2, -0.15) is 8.78 Å². The predicted molar refractivity (Wildman–Crippen MR) is 88.5 cm³/mol. The van der Waals surface area contributed by atoms with Crippen LogP contribution in [0.4, 0.5) is 8.78 Å². The summed E-state index contributed by atoms with van der Waals surface area (Å²) in [5, 5.41) is 11.7. The molecule has 1 aliphatic heterocycles. The zero-order chi connectivity index (χ0) is 19.1. The normalized spacial score (nSPS) is 17.3. The molecule has 1 aromatic carbocycles. The molecule has 1 atom stereocenters. The minimum absolute atomic E-state index is 0.0442. The third-order valence-corrected chi connectivity index (χ3v) is 4.17. The lowest BCUT2D eigenvalue weighted by atomic mass is 10.1. The van der Waals surface area contributed by atoms with E-state index in [2.05, 4.69) is 10.1 Å². The van der Waals surface area contributed by atoms with Crippen LogP contribution in [0, 0.1) is 5.92 Å². The lowest BCUT2D eigenvalue weighted by Gasteiger charge is -2.15. The molecule has 0 spiro atoms. The van der Waals surface area contributed by atoms with Gasteiger partial charge in [0.15, 0.2) is 11.5 Å². The van der Waals surface area contributed by atoms with Gasteiger partial charge in [-0.25, -0.2) is 0 Å². The second kappa shape index (κ2) is 9.33. The van der Waals surface area contributed by atoms with E-state index in [-0.39, 0.29) is 24.0 Å². The fourth-order valence-corrected chi connectivity index (χ4v) is 2.84. The Labute approximate surface area is 149 Å². The van der Waals surface area contributed by atoms with Crippen molar-refractivity contribution in [1.82, 2.24) is 10.2 Å². The number of carboxylic acids is 1. The predicted octanol–water partition coefficient (Wildman–Crippen LogP) is 1.36. The number of likely N-dealkylation sites (tertiary alicyclic amines) is 1. The standard InChI is InChI=1S/C17H22F2N2O5/c1-25-14-8-11(2-3-13(14)26-17(18)19)4-6-20-15(22)10-21-7-5-12(9-21)16(23)24/h2-3,8,12,17H,4-7,9-10H2,1H3,(H,20,22)(H,23,24). The highest BCUT2D eigenvalue weighted by atomic mass is 19.3. The van der Waals surface area contributed by atoms with Gasteiger partial charge in [-0.1, -0.05) is 6.07 Å². The first kappa shape index (κ1) is 19.9. The van der Waals surface area contributed by atoms with Gasteiger partial charge >= 0.3 is 12.6 Å². The topological polar surface area (TPSA) is 88.1 Å². The van der Waals surface area contributed by atoms with Gasteiger partial charge < -0.3 is 19.9 Å². The number of hydrogen-bond acceptors (Lipinski definition) is 5. The van der Waals surface area contributed by atoms with Crippen molar-refractivity contribution in [3.05, 3.63) is 23.8 Å². The quantitative estimate of drug-likeness (QED) is 0.681. The van der Waals surface area contributed by atoms with Gasteiger partial charge in [-0.05, 0) is 37.1 Å². The number of halogens is 2. The number of hydrogen-bond donors (Lipinski definition) is 2.